The first-order chi connectivity index (χ1) is 17.9. The fraction of sp³-hybridized carbons (Fsp3) is 0.276. The molecule has 0 amide bonds. The first-order valence-corrected chi connectivity index (χ1v) is 12.7. The van der Waals surface area contributed by atoms with Crippen LogP contribution in [0.4, 0.5) is 0 Å². The Morgan fingerprint density at radius 2 is 2.00 bits per heavy atom. The maximum Gasteiger partial charge on any atom is 0.335 e. The summed E-state index contributed by atoms with van der Waals surface area (Å²) in [7, 11) is 0. The van der Waals surface area contributed by atoms with Gasteiger partial charge in [0.15, 0.2) is 0 Å². The lowest BCUT2D eigenvalue weighted by molar-refractivity contribution is 0.0696. The normalized spacial score (nSPS) is 16.4. The van der Waals surface area contributed by atoms with Crippen LogP contribution < -0.4 is 9.47 Å². The number of nitrogens with zero attached hydrogens (tertiary/aromatic N) is 2. The standard InChI is InChI=1S/C29H25ClN2O5/c1-15-4-3-5-21(30)25(15)27-20(28(37-32-27)17-6-7-17)14-35-24-11-10-22-26(31-24)16(2)12-18-8-9-19(29(33)34)13-23(18)36-22/h3-5,8-11,13,16-17H,6-7,12,14H2,1-2H3,(H,33,34). The number of halogens is 1. The molecule has 1 fully saturated rings. The highest BCUT2D eigenvalue weighted by Gasteiger charge is 2.33. The first kappa shape index (κ1) is 23.6. The minimum atomic E-state index is -0.989. The van der Waals surface area contributed by atoms with E-state index in [0.717, 1.165) is 46.5 Å². The van der Waals surface area contributed by atoms with E-state index in [1.165, 1.54) is 0 Å². The van der Waals surface area contributed by atoms with Gasteiger partial charge in [0.25, 0.3) is 0 Å². The second-order valence-electron chi connectivity index (χ2n) is 9.74. The average Bonchev–Trinajstić information content (AvgIpc) is 3.65. The van der Waals surface area contributed by atoms with Crippen molar-refractivity contribution in [2.24, 2.45) is 0 Å². The van der Waals surface area contributed by atoms with Crippen molar-refractivity contribution in [2.75, 3.05) is 0 Å². The highest BCUT2D eigenvalue weighted by Crippen LogP contribution is 2.46. The summed E-state index contributed by atoms with van der Waals surface area (Å²) < 4.78 is 18.1. The molecule has 7 nitrogen and oxygen atoms in total. The maximum absolute atomic E-state index is 11.4. The van der Waals surface area contributed by atoms with Gasteiger partial charge >= 0.3 is 5.97 Å². The SMILES string of the molecule is Cc1cccc(Cl)c1-c1noc(C2CC2)c1COc1ccc2c(n1)C(C)Cc1ccc(C(=O)O)cc1O2. The number of fused-ring (bicyclic) bond motifs is 2. The molecule has 0 saturated heterocycles. The minimum Gasteiger partial charge on any atom is -0.478 e. The molecule has 2 aliphatic rings. The number of aromatic carboxylic acids is 1. The highest BCUT2D eigenvalue weighted by molar-refractivity contribution is 6.33. The fourth-order valence-corrected chi connectivity index (χ4v) is 5.17. The predicted octanol–water partition coefficient (Wildman–Crippen LogP) is 7.30. The zero-order valence-electron chi connectivity index (χ0n) is 20.5. The summed E-state index contributed by atoms with van der Waals surface area (Å²) in [4.78, 5) is 16.2. The molecule has 1 aliphatic carbocycles. The number of ether oxygens (including phenoxy) is 2. The van der Waals surface area contributed by atoms with Crippen LogP contribution in [0, 0.1) is 6.92 Å². The summed E-state index contributed by atoms with van der Waals surface area (Å²) in [6.07, 6.45) is 2.81. The smallest absolute Gasteiger partial charge is 0.335 e. The van der Waals surface area contributed by atoms with E-state index in [1.807, 2.05) is 37.3 Å². The number of carboxylic acids is 1. The third kappa shape index (κ3) is 4.44. The molecular formula is C29H25ClN2O5. The predicted molar refractivity (Wildman–Crippen MR) is 138 cm³/mol. The lowest BCUT2D eigenvalue weighted by Crippen LogP contribution is -2.05. The van der Waals surface area contributed by atoms with E-state index in [2.05, 4.69) is 12.1 Å². The molecule has 1 unspecified atom stereocenters. The van der Waals surface area contributed by atoms with Gasteiger partial charge in [-0.15, -0.1) is 0 Å². The number of carboxylic acid groups (broad SMARTS) is 1. The van der Waals surface area contributed by atoms with Crippen molar-refractivity contribution in [2.45, 2.75) is 51.6 Å². The van der Waals surface area contributed by atoms with Crippen LogP contribution in [0.2, 0.25) is 5.02 Å². The third-order valence-electron chi connectivity index (χ3n) is 6.98. The van der Waals surface area contributed by atoms with Gasteiger partial charge in [-0.25, -0.2) is 9.78 Å². The van der Waals surface area contributed by atoms with Crippen LogP contribution in [0.25, 0.3) is 11.3 Å². The molecule has 4 aromatic rings. The molecule has 1 atom stereocenters. The zero-order chi connectivity index (χ0) is 25.7. The molecule has 3 heterocycles. The Bertz CT molecular complexity index is 1500. The molecule has 0 radical (unpaired) electrons. The van der Waals surface area contributed by atoms with Gasteiger partial charge in [-0.05, 0) is 61.6 Å². The molecule has 0 spiro atoms. The van der Waals surface area contributed by atoms with Gasteiger partial charge in [-0.1, -0.05) is 41.9 Å². The van der Waals surface area contributed by atoms with Gasteiger partial charge in [0.1, 0.15) is 29.6 Å². The zero-order valence-corrected chi connectivity index (χ0v) is 21.2. The highest BCUT2D eigenvalue weighted by atomic mass is 35.5. The Morgan fingerprint density at radius 1 is 1.16 bits per heavy atom. The van der Waals surface area contributed by atoms with Crippen molar-refractivity contribution < 1.29 is 23.9 Å². The summed E-state index contributed by atoms with van der Waals surface area (Å²) in [6.45, 7) is 4.32. The van der Waals surface area contributed by atoms with E-state index >= 15 is 0 Å². The van der Waals surface area contributed by atoms with Crippen LogP contribution in [0.15, 0.2) is 53.1 Å². The fourth-order valence-electron chi connectivity index (χ4n) is 4.86. The quantitative estimate of drug-likeness (QED) is 0.287. The van der Waals surface area contributed by atoms with E-state index in [4.69, 9.17) is 30.6 Å². The monoisotopic (exact) mass is 516 g/mol. The van der Waals surface area contributed by atoms with E-state index in [1.54, 1.807) is 18.2 Å². The Balaban J connectivity index is 1.29. The molecule has 1 N–H and O–H groups in total. The summed E-state index contributed by atoms with van der Waals surface area (Å²) in [5.74, 6) is 1.87. The topological polar surface area (TPSA) is 94.7 Å². The summed E-state index contributed by atoms with van der Waals surface area (Å²) in [5.41, 5.74) is 5.37. The first-order valence-electron chi connectivity index (χ1n) is 12.3. The van der Waals surface area contributed by atoms with Crippen LogP contribution >= 0.6 is 11.6 Å². The van der Waals surface area contributed by atoms with Crippen LogP contribution in [0.5, 0.6) is 17.4 Å². The van der Waals surface area contributed by atoms with Crippen LogP contribution in [-0.2, 0) is 13.0 Å². The van der Waals surface area contributed by atoms with Gasteiger partial charge < -0.3 is 19.1 Å². The number of carbonyl (C=O) groups is 1. The number of hydrogen-bond donors (Lipinski definition) is 1. The molecule has 0 bridgehead atoms. The van der Waals surface area contributed by atoms with Gasteiger partial charge in [-0.3, -0.25) is 0 Å². The van der Waals surface area contributed by atoms with Gasteiger partial charge in [0, 0.05) is 23.5 Å². The molecular weight excluding hydrogens is 492 g/mol. The summed E-state index contributed by atoms with van der Waals surface area (Å²) >= 11 is 6.55. The van der Waals surface area contributed by atoms with Crippen LogP contribution in [0.3, 0.4) is 0 Å². The second-order valence-corrected chi connectivity index (χ2v) is 10.1. The van der Waals surface area contributed by atoms with Crippen molar-refractivity contribution >= 4 is 17.6 Å². The van der Waals surface area contributed by atoms with Gasteiger partial charge in [0.05, 0.1) is 21.8 Å². The molecule has 1 aliphatic heterocycles. The average molecular weight is 517 g/mol. The Kier molecular flexibility index (Phi) is 5.88. The second kappa shape index (κ2) is 9.23. The molecule has 2 aromatic heterocycles. The lowest BCUT2D eigenvalue weighted by Gasteiger charge is -2.14. The Hall–Kier alpha value is -3.84. The number of benzene rings is 2. The van der Waals surface area contributed by atoms with Crippen molar-refractivity contribution in [3.8, 4) is 28.6 Å². The number of aromatic nitrogens is 2. The Morgan fingerprint density at radius 3 is 2.76 bits per heavy atom. The number of rotatable bonds is 6. The summed E-state index contributed by atoms with van der Waals surface area (Å²) in [6, 6.07) is 14.3. The van der Waals surface area contributed by atoms with Crippen molar-refractivity contribution in [1.29, 1.82) is 0 Å². The maximum atomic E-state index is 11.4. The van der Waals surface area contributed by atoms with E-state index < -0.39 is 5.97 Å². The number of pyridine rings is 1. The van der Waals surface area contributed by atoms with Gasteiger partial charge in [-0.2, -0.15) is 0 Å². The van der Waals surface area contributed by atoms with Crippen molar-refractivity contribution in [3.05, 3.63) is 87.3 Å². The molecule has 1 saturated carbocycles. The van der Waals surface area contributed by atoms with Crippen LogP contribution in [-0.4, -0.2) is 21.2 Å². The van der Waals surface area contributed by atoms with E-state index in [-0.39, 0.29) is 18.1 Å². The summed E-state index contributed by atoms with van der Waals surface area (Å²) in [5, 5.41) is 14.4. The minimum absolute atomic E-state index is 0.0504. The molecule has 2 aromatic carbocycles. The molecule has 37 heavy (non-hydrogen) atoms. The largest absolute Gasteiger partial charge is 0.478 e. The molecule has 6 rings (SSSR count). The van der Waals surface area contributed by atoms with Crippen molar-refractivity contribution in [1.82, 2.24) is 10.1 Å². The van der Waals surface area contributed by atoms with Crippen LogP contribution in [0.1, 0.15) is 70.1 Å². The van der Waals surface area contributed by atoms with E-state index in [9.17, 15) is 9.90 Å². The molecule has 8 heteroatoms. The van der Waals surface area contributed by atoms with E-state index in [0.29, 0.717) is 40.4 Å². The molecule has 188 valence electrons. The lowest BCUT2D eigenvalue weighted by atomic mass is 9.97. The van der Waals surface area contributed by atoms with Crippen molar-refractivity contribution in [3.63, 3.8) is 0 Å². The third-order valence-corrected chi connectivity index (χ3v) is 7.29. The Labute approximate surface area is 219 Å². The van der Waals surface area contributed by atoms with Gasteiger partial charge in [0.2, 0.25) is 5.88 Å². The number of aryl methyl sites for hydroxylation is 1. The number of hydrogen-bond acceptors (Lipinski definition) is 6.